The van der Waals surface area contributed by atoms with Gasteiger partial charge in [0.05, 0.1) is 11.3 Å². The maximum absolute atomic E-state index is 12.8. The standard InChI is InChI=1S/C19H27N3O3/c1-19(2,3)22(18(24)25)15-8-7-13(11-21-9-5-6-10-21)14-12-20(4)17(23)16(14)15/h7-8H,5-6,9-12H2,1-4H3,(H,24,25). The molecule has 0 unspecified atom stereocenters. The molecule has 1 saturated heterocycles. The Labute approximate surface area is 149 Å². The average Bonchev–Trinajstić information content (AvgIpc) is 3.09. The summed E-state index contributed by atoms with van der Waals surface area (Å²) in [7, 11) is 1.77. The molecule has 2 heterocycles. The molecule has 1 fully saturated rings. The van der Waals surface area contributed by atoms with Crippen LogP contribution in [0.3, 0.4) is 0 Å². The van der Waals surface area contributed by atoms with Crippen molar-refractivity contribution < 1.29 is 14.7 Å². The van der Waals surface area contributed by atoms with E-state index in [-0.39, 0.29) is 5.91 Å². The van der Waals surface area contributed by atoms with Crippen molar-refractivity contribution in [3.8, 4) is 0 Å². The van der Waals surface area contributed by atoms with Crippen molar-refractivity contribution in [1.82, 2.24) is 9.80 Å². The molecule has 2 aliphatic rings. The van der Waals surface area contributed by atoms with Gasteiger partial charge in [0.25, 0.3) is 5.91 Å². The summed E-state index contributed by atoms with van der Waals surface area (Å²) < 4.78 is 0. The fourth-order valence-corrected chi connectivity index (χ4v) is 3.87. The van der Waals surface area contributed by atoms with Gasteiger partial charge in [0.2, 0.25) is 0 Å². The molecule has 1 aromatic rings. The van der Waals surface area contributed by atoms with Gasteiger partial charge in [-0.2, -0.15) is 0 Å². The van der Waals surface area contributed by atoms with Crippen LogP contribution in [0.2, 0.25) is 0 Å². The molecule has 0 saturated carbocycles. The van der Waals surface area contributed by atoms with E-state index in [1.165, 1.54) is 17.7 Å². The third kappa shape index (κ3) is 3.23. The van der Waals surface area contributed by atoms with Crippen molar-refractivity contribution in [2.24, 2.45) is 0 Å². The van der Waals surface area contributed by atoms with E-state index in [4.69, 9.17) is 0 Å². The molecule has 1 aromatic carbocycles. The topological polar surface area (TPSA) is 64.1 Å². The molecule has 6 heteroatoms. The van der Waals surface area contributed by atoms with Crippen LogP contribution in [0.5, 0.6) is 0 Å². The summed E-state index contributed by atoms with van der Waals surface area (Å²) in [6, 6.07) is 3.81. The van der Waals surface area contributed by atoms with Gasteiger partial charge in [0.1, 0.15) is 0 Å². The van der Waals surface area contributed by atoms with Gasteiger partial charge >= 0.3 is 6.09 Å². The van der Waals surface area contributed by atoms with Crippen molar-refractivity contribution in [2.45, 2.75) is 52.2 Å². The molecule has 0 spiro atoms. The number of hydrogen-bond acceptors (Lipinski definition) is 3. The molecule has 1 N–H and O–H groups in total. The quantitative estimate of drug-likeness (QED) is 0.914. The van der Waals surface area contributed by atoms with Gasteiger partial charge in [-0.15, -0.1) is 0 Å². The molecule has 0 bridgehead atoms. The van der Waals surface area contributed by atoms with E-state index in [9.17, 15) is 14.7 Å². The Bertz CT molecular complexity index is 703. The van der Waals surface area contributed by atoms with Gasteiger partial charge < -0.3 is 10.0 Å². The zero-order chi connectivity index (χ0) is 18.4. The Morgan fingerprint density at radius 2 is 1.88 bits per heavy atom. The van der Waals surface area contributed by atoms with Gasteiger partial charge in [-0.25, -0.2) is 4.79 Å². The lowest BCUT2D eigenvalue weighted by Gasteiger charge is -2.34. The summed E-state index contributed by atoms with van der Waals surface area (Å²) in [4.78, 5) is 30.0. The lowest BCUT2D eigenvalue weighted by atomic mass is 9.97. The predicted molar refractivity (Wildman–Crippen MR) is 97.0 cm³/mol. The van der Waals surface area contributed by atoms with Crippen LogP contribution in [0, 0.1) is 0 Å². The highest BCUT2D eigenvalue weighted by Crippen LogP contribution is 2.37. The van der Waals surface area contributed by atoms with Crippen LogP contribution >= 0.6 is 0 Å². The van der Waals surface area contributed by atoms with E-state index < -0.39 is 11.6 Å². The number of likely N-dealkylation sites (tertiary alicyclic amines) is 1. The second-order valence-corrected chi connectivity index (χ2v) is 8.03. The van der Waals surface area contributed by atoms with Crippen molar-refractivity contribution in [1.29, 1.82) is 0 Å². The maximum Gasteiger partial charge on any atom is 0.412 e. The lowest BCUT2D eigenvalue weighted by Crippen LogP contribution is -2.46. The largest absolute Gasteiger partial charge is 0.465 e. The Kier molecular flexibility index (Phi) is 4.49. The normalized spacial score (nSPS) is 17.9. The van der Waals surface area contributed by atoms with Crippen LogP contribution in [0.15, 0.2) is 12.1 Å². The Hall–Kier alpha value is -2.08. The van der Waals surface area contributed by atoms with E-state index in [1.807, 2.05) is 26.8 Å². The highest BCUT2D eigenvalue weighted by molar-refractivity contribution is 6.07. The summed E-state index contributed by atoms with van der Waals surface area (Å²) in [5, 5.41) is 9.74. The number of amides is 2. The van der Waals surface area contributed by atoms with E-state index in [1.54, 1.807) is 18.0 Å². The van der Waals surface area contributed by atoms with Crippen molar-refractivity contribution in [2.75, 3.05) is 25.0 Å². The lowest BCUT2D eigenvalue weighted by molar-refractivity contribution is 0.0817. The van der Waals surface area contributed by atoms with Crippen LogP contribution in [-0.4, -0.2) is 52.6 Å². The SMILES string of the molecule is CN1Cc2c(CN3CCCC3)ccc(N(C(=O)O)C(C)(C)C)c2C1=O. The Morgan fingerprint density at radius 1 is 1.24 bits per heavy atom. The molecule has 0 atom stereocenters. The second-order valence-electron chi connectivity index (χ2n) is 8.03. The third-order valence-electron chi connectivity index (χ3n) is 5.04. The van der Waals surface area contributed by atoms with E-state index in [2.05, 4.69) is 4.90 Å². The Morgan fingerprint density at radius 3 is 2.44 bits per heavy atom. The minimum absolute atomic E-state index is 0.0937. The first-order chi connectivity index (χ1) is 11.7. The molecule has 3 rings (SSSR count). The van der Waals surface area contributed by atoms with Gasteiger partial charge in [-0.3, -0.25) is 14.6 Å². The van der Waals surface area contributed by atoms with Crippen molar-refractivity contribution in [3.63, 3.8) is 0 Å². The molecule has 25 heavy (non-hydrogen) atoms. The molecule has 0 aromatic heterocycles. The molecular weight excluding hydrogens is 318 g/mol. The van der Waals surface area contributed by atoms with Gasteiger partial charge in [0, 0.05) is 25.7 Å². The zero-order valence-corrected chi connectivity index (χ0v) is 15.5. The van der Waals surface area contributed by atoms with Gasteiger partial charge in [0.15, 0.2) is 0 Å². The predicted octanol–water partition coefficient (Wildman–Crippen LogP) is 3.15. The molecule has 2 amide bonds. The number of carboxylic acid groups (broad SMARTS) is 1. The number of fused-ring (bicyclic) bond motifs is 1. The van der Waals surface area contributed by atoms with Crippen LogP contribution in [-0.2, 0) is 13.1 Å². The van der Waals surface area contributed by atoms with E-state index in [0.717, 1.165) is 30.8 Å². The maximum atomic E-state index is 12.8. The molecule has 6 nitrogen and oxygen atoms in total. The van der Waals surface area contributed by atoms with Crippen LogP contribution < -0.4 is 4.90 Å². The minimum atomic E-state index is -1.04. The number of anilines is 1. The van der Waals surface area contributed by atoms with Gasteiger partial charge in [-0.1, -0.05) is 6.07 Å². The highest BCUT2D eigenvalue weighted by Gasteiger charge is 2.37. The number of carbonyl (C=O) groups excluding carboxylic acids is 1. The minimum Gasteiger partial charge on any atom is -0.465 e. The van der Waals surface area contributed by atoms with Crippen molar-refractivity contribution >= 4 is 17.7 Å². The first-order valence-electron chi connectivity index (χ1n) is 8.86. The Balaban J connectivity index is 2.08. The van der Waals surface area contributed by atoms with Crippen LogP contribution in [0.25, 0.3) is 0 Å². The number of rotatable bonds is 3. The van der Waals surface area contributed by atoms with E-state index >= 15 is 0 Å². The summed E-state index contributed by atoms with van der Waals surface area (Å²) in [6.45, 7) is 9.07. The molecule has 2 aliphatic heterocycles. The smallest absolute Gasteiger partial charge is 0.412 e. The number of nitrogens with zero attached hydrogens (tertiary/aromatic N) is 3. The number of benzene rings is 1. The number of hydrogen-bond donors (Lipinski definition) is 1. The monoisotopic (exact) mass is 345 g/mol. The fourth-order valence-electron chi connectivity index (χ4n) is 3.87. The third-order valence-corrected chi connectivity index (χ3v) is 5.04. The van der Waals surface area contributed by atoms with Crippen LogP contribution in [0.4, 0.5) is 10.5 Å². The van der Waals surface area contributed by atoms with Gasteiger partial charge in [-0.05, 0) is 63.9 Å². The summed E-state index contributed by atoms with van der Waals surface area (Å²) in [5.41, 5.74) is 2.54. The number of carbonyl (C=O) groups is 2. The first kappa shape index (κ1) is 17.7. The first-order valence-corrected chi connectivity index (χ1v) is 8.86. The van der Waals surface area contributed by atoms with E-state index in [0.29, 0.717) is 17.8 Å². The highest BCUT2D eigenvalue weighted by atomic mass is 16.4. The summed E-state index contributed by atoms with van der Waals surface area (Å²) >= 11 is 0. The van der Waals surface area contributed by atoms with Crippen molar-refractivity contribution in [3.05, 3.63) is 28.8 Å². The zero-order valence-electron chi connectivity index (χ0n) is 15.5. The second kappa shape index (κ2) is 6.33. The summed E-state index contributed by atoms with van der Waals surface area (Å²) in [5.74, 6) is -0.0937. The average molecular weight is 345 g/mol. The van der Waals surface area contributed by atoms with Crippen LogP contribution in [0.1, 0.15) is 55.1 Å². The fraction of sp³-hybridized carbons (Fsp3) is 0.579. The summed E-state index contributed by atoms with van der Waals surface area (Å²) in [6.07, 6.45) is 1.40. The molecule has 0 aliphatic carbocycles. The molecule has 136 valence electrons. The molecule has 0 radical (unpaired) electrons. The molecular formula is C19H27N3O3.